The number of hydrogen-bond donors (Lipinski definition) is 0. The minimum absolute atomic E-state index is 0.0628. The first-order valence-electron chi connectivity index (χ1n) is 28.4. The summed E-state index contributed by atoms with van der Waals surface area (Å²) in [5.41, 5.74) is 0. The van der Waals surface area contributed by atoms with Crippen LogP contribution in [-0.2, 0) is 28.6 Å². The van der Waals surface area contributed by atoms with Crippen LogP contribution in [0.1, 0.15) is 323 Å². The van der Waals surface area contributed by atoms with Gasteiger partial charge >= 0.3 is 17.9 Å². The summed E-state index contributed by atoms with van der Waals surface area (Å²) < 4.78 is 16.9. The van der Waals surface area contributed by atoms with E-state index in [9.17, 15) is 14.4 Å². The van der Waals surface area contributed by atoms with Gasteiger partial charge in [-0.1, -0.05) is 285 Å². The summed E-state index contributed by atoms with van der Waals surface area (Å²) in [6.45, 7) is 9.00. The molecule has 6 heteroatoms. The molecule has 0 amide bonds. The molecule has 0 spiro atoms. The first-order valence-corrected chi connectivity index (χ1v) is 28.4. The SMILES string of the molecule is CCCCCCCCCCCCCCCCCCCCCC(=O)O[C@H](COC(=O)CCCCCCCCCCCCCCCCCC)COC(=O)CCCCCCCCCC(C)C. The minimum Gasteiger partial charge on any atom is -0.462 e. The Kier molecular flexibility index (Phi) is 50.1. The van der Waals surface area contributed by atoms with E-state index in [4.69, 9.17) is 14.2 Å². The zero-order valence-corrected chi connectivity index (χ0v) is 43.0. The Morgan fingerprint density at radius 3 is 0.778 bits per heavy atom. The second kappa shape index (κ2) is 51.4. The Labute approximate surface area is 393 Å². The van der Waals surface area contributed by atoms with Crippen LogP contribution in [0.4, 0.5) is 0 Å². The number of carbonyl (C=O) groups excluding carboxylic acids is 3. The van der Waals surface area contributed by atoms with Crippen molar-refractivity contribution in [1.82, 2.24) is 0 Å². The highest BCUT2D eigenvalue weighted by Gasteiger charge is 2.19. The quantitative estimate of drug-likeness (QED) is 0.0344. The van der Waals surface area contributed by atoms with E-state index >= 15 is 0 Å². The van der Waals surface area contributed by atoms with Crippen molar-refractivity contribution in [3.05, 3.63) is 0 Å². The van der Waals surface area contributed by atoms with Crippen LogP contribution in [0, 0.1) is 5.92 Å². The van der Waals surface area contributed by atoms with Gasteiger partial charge in [0.15, 0.2) is 6.10 Å². The van der Waals surface area contributed by atoms with Crippen molar-refractivity contribution < 1.29 is 28.6 Å². The molecule has 0 N–H and O–H groups in total. The van der Waals surface area contributed by atoms with Crippen molar-refractivity contribution in [2.24, 2.45) is 5.92 Å². The zero-order chi connectivity index (χ0) is 45.9. The molecule has 0 heterocycles. The number of unbranched alkanes of at least 4 members (excludes halogenated alkanes) is 39. The molecule has 0 unspecified atom stereocenters. The molecule has 0 saturated heterocycles. The van der Waals surface area contributed by atoms with E-state index in [1.807, 2.05) is 0 Å². The highest BCUT2D eigenvalue weighted by Crippen LogP contribution is 2.18. The maximum absolute atomic E-state index is 12.8. The van der Waals surface area contributed by atoms with Crippen LogP contribution in [-0.4, -0.2) is 37.2 Å². The molecule has 0 aliphatic heterocycles. The first-order chi connectivity index (χ1) is 30.9. The van der Waals surface area contributed by atoms with E-state index in [0.717, 1.165) is 63.7 Å². The number of esters is 3. The van der Waals surface area contributed by atoms with E-state index in [0.29, 0.717) is 19.3 Å². The van der Waals surface area contributed by atoms with Crippen LogP contribution in [0.15, 0.2) is 0 Å². The molecule has 0 saturated carbocycles. The predicted molar refractivity (Wildman–Crippen MR) is 270 cm³/mol. The number of hydrogen-bond acceptors (Lipinski definition) is 6. The number of rotatable bonds is 52. The molecule has 374 valence electrons. The summed E-state index contributed by atoms with van der Waals surface area (Å²) in [5.74, 6) is -0.0599. The second-order valence-electron chi connectivity index (χ2n) is 20.1. The maximum atomic E-state index is 12.8. The highest BCUT2D eigenvalue weighted by molar-refractivity contribution is 5.71. The zero-order valence-electron chi connectivity index (χ0n) is 43.0. The van der Waals surface area contributed by atoms with Crippen molar-refractivity contribution in [2.75, 3.05) is 13.2 Å². The van der Waals surface area contributed by atoms with Crippen molar-refractivity contribution in [3.63, 3.8) is 0 Å². The molecule has 0 aromatic rings. The monoisotopic (exact) mass is 891 g/mol. The van der Waals surface area contributed by atoms with Crippen molar-refractivity contribution in [3.8, 4) is 0 Å². The molecule has 0 rings (SSSR count). The summed E-state index contributed by atoms with van der Waals surface area (Å²) in [7, 11) is 0. The number of carbonyl (C=O) groups is 3. The van der Waals surface area contributed by atoms with E-state index in [-0.39, 0.29) is 31.1 Å². The first kappa shape index (κ1) is 61.4. The summed E-state index contributed by atoms with van der Waals surface area (Å²) in [4.78, 5) is 38.0. The van der Waals surface area contributed by atoms with Gasteiger partial charge < -0.3 is 14.2 Å². The highest BCUT2D eigenvalue weighted by atomic mass is 16.6. The van der Waals surface area contributed by atoms with Crippen molar-refractivity contribution in [1.29, 1.82) is 0 Å². The fraction of sp³-hybridized carbons (Fsp3) is 0.947. The summed E-state index contributed by atoms with van der Waals surface area (Å²) in [6, 6.07) is 0. The second-order valence-corrected chi connectivity index (χ2v) is 20.1. The van der Waals surface area contributed by atoms with Crippen LogP contribution in [0.5, 0.6) is 0 Å². The normalized spacial score (nSPS) is 12.0. The van der Waals surface area contributed by atoms with Gasteiger partial charge in [0.2, 0.25) is 0 Å². The Hall–Kier alpha value is -1.59. The summed E-state index contributed by atoms with van der Waals surface area (Å²) >= 11 is 0. The molecule has 0 radical (unpaired) electrons. The Morgan fingerprint density at radius 2 is 0.524 bits per heavy atom. The lowest BCUT2D eigenvalue weighted by Crippen LogP contribution is -2.30. The largest absolute Gasteiger partial charge is 0.462 e. The molecule has 6 nitrogen and oxygen atoms in total. The molecule has 0 aliphatic rings. The molecule has 0 aromatic heterocycles. The Morgan fingerprint density at radius 1 is 0.302 bits per heavy atom. The molecule has 0 bridgehead atoms. The average Bonchev–Trinajstić information content (AvgIpc) is 3.27. The van der Waals surface area contributed by atoms with Crippen molar-refractivity contribution in [2.45, 2.75) is 329 Å². The lowest BCUT2D eigenvalue weighted by Gasteiger charge is -2.18. The molecule has 0 fully saturated rings. The fourth-order valence-corrected chi connectivity index (χ4v) is 8.75. The van der Waals surface area contributed by atoms with Gasteiger partial charge in [0.05, 0.1) is 0 Å². The fourth-order valence-electron chi connectivity index (χ4n) is 8.75. The van der Waals surface area contributed by atoms with E-state index < -0.39 is 6.10 Å². The maximum Gasteiger partial charge on any atom is 0.306 e. The predicted octanol–water partition coefficient (Wildman–Crippen LogP) is 18.6. The lowest BCUT2D eigenvalue weighted by atomic mass is 10.0. The Bertz CT molecular complexity index is 949. The Balaban J connectivity index is 4.24. The summed E-state index contributed by atoms with van der Waals surface area (Å²) in [5, 5.41) is 0. The van der Waals surface area contributed by atoms with E-state index in [1.54, 1.807) is 0 Å². The van der Waals surface area contributed by atoms with E-state index in [1.165, 1.54) is 218 Å². The minimum atomic E-state index is -0.762. The van der Waals surface area contributed by atoms with Gasteiger partial charge in [-0.05, 0) is 25.2 Å². The third-order valence-corrected chi connectivity index (χ3v) is 13.0. The molecule has 63 heavy (non-hydrogen) atoms. The van der Waals surface area contributed by atoms with Gasteiger partial charge in [-0.3, -0.25) is 14.4 Å². The van der Waals surface area contributed by atoms with Crippen LogP contribution in [0.25, 0.3) is 0 Å². The average molecular weight is 892 g/mol. The third-order valence-electron chi connectivity index (χ3n) is 13.0. The lowest BCUT2D eigenvalue weighted by molar-refractivity contribution is -0.167. The standard InChI is InChI=1S/C57H110O6/c1-5-7-9-11-13-15-17-19-21-23-24-25-27-29-31-33-37-42-46-50-57(60)63-54(52-62-56(59)49-45-41-38-34-35-39-43-47-53(3)4)51-61-55(58)48-44-40-36-32-30-28-26-22-20-18-16-14-12-10-8-6-2/h53-54H,5-52H2,1-4H3/t54-/m1/s1. The topological polar surface area (TPSA) is 78.9 Å². The number of ether oxygens (including phenoxy) is 3. The smallest absolute Gasteiger partial charge is 0.306 e. The van der Waals surface area contributed by atoms with Gasteiger partial charge in [-0.25, -0.2) is 0 Å². The molecular weight excluding hydrogens is 781 g/mol. The van der Waals surface area contributed by atoms with Gasteiger partial charge in [0, 0.05) is 19.3 Å². The van der Waals surface area contributed by atoms with Gasteiger partial charge in [0.25, 0.3) is 0 Å². The van der Waals surface area contributed by atoms with Gasteiger partial charge in [0.1, 0.15) is 13.2 Å². The van der Waals surface area contributed by atoms with Gasteiger partial charge in [-0.2, -0.15) is 0 Å². The van der Waals surface area contributed by atoms with E-state index in [2.05, 4.69) is 27.7 Å². The van der Waals surface area contributed by atoms with Crippen LogP contribution in [0.2, 0.25) is 0 Å². The van der Waals surface area contributed by atoms with Gasteiger partial charge in [-0.15, -0.1) is 0 Å². The third kappa shape index (κ3) is 51.3. The molecular formula is C57H110O6. The van der Waals surface area contributed by atoms with Crippen LogP contribution < -0.4 is 0 Å². The molecule has 0 aliphatic carbocycles. The van der Waals surface area contributed by atoms with Crippen molar-refractivity contribution >= 4 is 17.9 Å². The summed E-state index contributed by atoms with van der Waals surface area (Å²) in [6.07, 6.45) is 55.3. The van der Waals surface area contributed by atoms with Crippen LogP contribution >= 0.6 is 0 Å². The van der Waals surface area contributed by atoms with Crippen LogP contribution in [0.3, 0.4) is 0 Å². The molecule has 0 aromatic carbocycles. The molecule has 1 atom stereocenters.